The zero-order valence-electron chi connectivity index (χ0n) is 29.1. The smallest absolute Gasteiger partial charge is 0.302 e. The summed E-state index contributed by atoms with van der Waals surface area (Å²) in [5, 5.41) is 17.9. The standard InChI is InChI=1S/C36H41FN8O5/c1-22-24(12-25(13-30(22)37)36(3,4)5)16-38-45(21-46)33-9-7-8-28(29(33)20-50-23(2)47)31-15-32(35(48)42(6)40-31)39-34-14-26-17-43(27-18-49-19-27)10-11-44(26)41-34/h7-9,12-16,21,27H,10-11,17-20H2,1-6H3,(H,39,41)/b38-16-. The monoisotopic (exact) mass is 684 g/mol. The quantitative estimate of drug-likeness (QED) is 0.112. The van der Waals surface area contributed by atoms with Crippen molar-refractivity contribution in [2.75, 3.05) is 30.1 Å². The molecule has 4 aromatic rings. The molecule has 262 valence electrons. The molecular formula is C36H41FN8O5. The van der Waals surface area contributed by atoms with Crippen LogP contribution in [0, 0.1) is 12.7 Å². The molecule has 0 saturated carbocycles. The van der Waals surface area contributed by atoms with Crippen molar-refractivity contribution in [1.29, 1.82) is 0 Å². The fourth-order valence-electron chi connectivity index (χ4n) is 5.95. The number of fused-ring (bicyclic) bond motifs is 1. The van der Waals surface area contributed by atoms with E-state index in [4.69, 9.17) is 9.47 Å². The first-order valence-electron chi connectivity index (χ1n) is 16.4. The van der Waals surface area contributed by atoms with E-state index >= 15 is 0 Å². The van der Waals surface area contributed by atoms with Gasteiger partial charge in [-0.05, 0) is 47.7 Å². The molecule has 0 radical (unpaired) electrons. The number of hydrogen-bond donors (Lipinski definition) is 1. The van der Waals surface area contributed by atoms with E-state index in [0.717, 1.165) is 49.1 Å². The summed E-state index contributed by atoms with van der Waals surface area (Å²) in [6.07, 6.45) is 1.95. The minimum absolute atomic E-state index is 0.211. The van der Waals surface area contributed by atoms with E-state index in [1.54, 1.807) is 38.2 Å². The van der Waals surface area contributed by atoms with Crippen molar-refractivity contribution in [2.24, 2.45) is 12.1 Å². The predicted octanol–water partition coefficient (Wildman–Crippen LogP) is 4.41. The Balaban J connectivity index is 1.35. The number of anilines is 3. The number of carbonyl (C=O) groups is 2. The lowest BCUT2D eigenvalue weighted by Crippen LogP contribution is -2.51. The Morgan fingerprint density at radius 1 is 1.18 bits per heavy atom. The van der Waals surface area contributed by atoms with Gasteiger partial charge in [0.05, 0.1) is 49.1 Å². The Hall–Kier alpha value is -5.21. The highest BCUT2D eigenvalue weighted by atomic mass is 19.1. The Morgan fingerprint density at radius 2 is 1.96 bits per heavy atom. The fourth-order valence-corrected chi connectivity index (χ4v) is 5.95. The van der Waals surface area contributed by atoms with Gasteiger partial charge >= 0.3 is 5.97 Å². The second-order valence-corrected chi connectivity index (χ2v) is 13.6. The van der Waals surface area contributed by atoms with Gasteiger partial charge in [-0.3, -0.25) is 24.0 Å². The van der Waals surface area contributed by atoms with Gasteiger partial charge in [0.2, 0.25) is 6.41 Å². The average molecular weight is 685 g/mol. The molecule has 14 heteroatoms. The van der Waals surface area contributed by atoms with E-state index in [1.807, 2.05) is 37.6 Å². The van der Waals surface area contributed by atoms with Crippen LogP contribution in [0.5, 0.6) is 0 Å². The zero-order chi connectivity index (χ0) is 35.7. The molecule has 0 spiro atoms. The molecule has 1 fully saturated rings. The molecular weight excluding hydrogens is 643 g/mol. The van der Waals surface area contributed by atoms with Crippen LogP contribution >= 0.6 is 0 Å². The number of nitrogens with zero attached hydrogens (tertiary/aromatic N) is 7. The summed E-state index contributed by atoms with van der Waals surface area (Å²) in [5.74, 6) is -0.376. The summed E-state index contributed by atoms with van der Waals surface area (Å²) in [4.78, 5) is 40.1. The first-order valence-corrected chi connectivity index (χ1v) is 16.4. The van der Waals surface area contributed by atoms with E-state index in [-0.39, 0.29) is 29.1 Å². The third kappa shape index (κ3) is 7.21. The number of aryl methyl sites for hydroxylation is 1. The Labute approximate surface area is 289 Å². The van der Waals surface area contributed by atoms with Gasteiger partial charge in [-0.15, -0.1) is 0 Å². The van der Waals surface area contributed by atoms with Gasteiger partial charge in [-0.2, -0.15) is 15.3 Å². The minimum atomic E-state index is -0.528. The Bertz CT molecular complexity index is 2030. The van der Waals surface area contributed by atoms with Gasteiger partial charge in [0.15, 0.2) is 5.82 Å². The summed E-state index contributed by atoms with van der Waals surface area (Å²) in [6, 6.07) is 12.4. The maximum absolute atomic E-state index is 14.9. The van der Waals surface area contributed by atoms with Crippen LogP contribution in [0.2, 0.25) is 0 Å². The number of benzene rings is 2. The maximum Gasteiger partial charge on any atom is 0.302 e. The topological polar surface area (TPSA) is 136 Å². The molecule has 2 aromatic carbocycles. The summed E-state index contributed by atoms with van der Waals surface area (Å²) >= 11 is 0. The normalized spacial score (nSPS) is 15.1. The number of rotatable bonds is 10. The molecule has 0 bridgehead atoms. The Morgan fingerprint density at radius 3 is 2.64 bits per heavy atom. The van der Waals surface area contributed by atoms with Crippen molar-refractivity contribution in [3.63, 3.8) is 0 Å². The highest BCUT2D eigenvalue weighted by Gasteiger charge is 2.30. The van der Waals surface area contributed by atoms with E-state index in [1.165, 1.54) is 23.9 Å². The van der Waals surface area contributed by atoms with Crippen molar-refractivity contribution in [1.82, 2.24) is 24.5 Å². The molecule has 0 aliphatic carbocycles. The number of amides is 1. The van der Waals surface area contributed by atoms with Crippen LogP contribution in [0.1, 0.15) is 55.6 Å². The van der Waals surface area contributed by atoms with Gasteiger partial charge in [-0.1, -0.05) is 32.9 Å². The molecule has 1 amide bonds. The van der Waals surface area contributed by atoms with Gasteiger partial charge in [0.25, 0.3) is 5.56 Å². The SMILES string of the molecule is CC(=O)OCc1c(-c2cc(Nc3cc4n(n3)CCN(C3COC3)C4)c(=O)n(C)n2)cccc1N(C=O)/N=C\c1cc(C(C)(C)C)cc(F)c1C. The average Bonchev–Trinajstić information content (AvgIpc) is 3.44. The Kier molecular flexibility index (Phi) is 9.67. The van der Waals surface area contributed by atoms with Crippen LogP contribution in [0.15, 0.2) is 52.4 Å². The molecule has 6 rings (SSSR count). The second kappa shape index (κ2) is 14.0. The first kappa shape index (κ1) is 34.6. The number of halogens is 1. The summed E-state index contributed by atoms with van der Waals surface area (Å²) in [7, 11) is 1.54. The van der Waals surface area contributed by atoms with Crippen molar-refractivity contribution < 1.29 is 23.5 Å². The van der Waals surface area contributed by atoms with E-state index < -0.39 is 5.97 Å². The summed E-state index contributed by atoms with van der Waals surface area (Å²) < 4.78 is 28.8. The first-order chi connectivity index (χ1) is 23.8. The van der Waals surface area contributed by atoms with E-state index in [9.17, 15) is 18.8 Å². The van der Waals surface area contributed by atoms with Crippen LogP contribution in [0.25, 0.3) is 11.3 Å². The molecule has 1 saturated heterocycles. The minimum Gasteiger partial charge on any atom is -0.461 e. The molecule has 0 atom stereocenters. The van der Waals surface area contributed by atoms with Crippen molar-refractivity contribution in [3.8, 4) is 11.3 Å². The highest BCUT2D eigenvalue weighted by Crippen LogP contribution is 2.33. The molecule has 4 heterocycles. The highest BCUT2D eigenvalue weighted by molar-refractivity contribution is 5.88. The van der Waals surface area contributed by atoms with Crippen molar-refractivity contribution in [3.05, 3.63) is 86.6 Å². The maximum atomic E-state index is 14.9. The zero-order valence-corrected chi connectivity index (χ0v) is 29.1. The fraction of sp³-hybridized carbons (Fsp3) is 0.389. The van der Waals surface area contributed by atoms with Crippen LogP contribution in [-0.4, -0.2) is 68.9 Å². The van der Waals surface area contributed by atoms with Gasteiger partial charge in [0, 0.05) is 49.8 Å². The summed E-state index contributed by atoms with van der Waals surface area (Å²) in [6.45, 7) is 12.5. The molecule has 2 aromatic heterocycles. The van der Waals surface area contributed by atoms with Gasteiger partial charge in [-0.25, -0.2) is 14.1 Å². The molecule has 1 N–H and O–H groups in total. The van der Waals surface area contributed by atoms with Crippen molar-refractivity contribution >= 4 is 35.8 Å². The third-order valence-corrected chi connectivity index (χ3v) is 9.06. The lowest BCUT2D eigenvalue weighted by molar-refractivity contribution is -0.142. The van der Waals surface area contributed by atoms with Gasteiger partial charge < -0.3 is 14.8 Å². The summed E-state index contributed by atoms with van der Waals surface area (Å²) in [5.41, 5.74) is 3.89. The molecule has 13 nitrogen and oxygen atoms in total. The van der Waals surface area contributed by atoms with E-state index in [2.05, 4.69) is 25.5 Å². The number of ether oxygens (including phenoxy) is 2. The third-order valence-electron chi connectivity index (χ3n) is 9.06. The number of hydrazone groups is 1. The van der Waals surface area contributed by atoms with Crippen LogP contribution < -0.4 is 15.9 Å². The molecule has 2 aliphatic heterocycles. The van der Waals surface area contributed by atoms with Crippen LogP contribution in [-0.2, 0) is 51.2 Å². The van der Waals surface area contributed by atoms with Gasteiger partial charge in [0.1, 0.15) is 18.1 Å². The van der Waals surface area contributed by atoms with Crippen LogP contribution in [0.4, 0.5) is 21.6 Å². The number of esters is 1. The molecule has 0 unspecified atom stereocenters. The van der Waals surface area contributed by atoms with Crippen LogP contribution in [0.3, 0.4) is 0 Å². The number of carbonyl (C=O) groups excluding carboxylic acids is 2. The lowest BCUT2D eigenvalue weighted by Gasteiger charge is -2.39. The van der Waals surface area contributed by atoms with Crippen molar-refractivity contribution in [2.45, 2.75) is 65.8 Å². The second-order valence-electron chi connectivity index (χ2n) is 13.6. The lowest BCUT2D eigenvalue weighted by atomic mass is 9.85. The number of aromatic nitrogens is 4. The molecule has 50 heavy (non-hydrogen) atoms. The molecule has 2 aliphatic rings. The predicted molar refractivity (Wildman–Crippen MR) is 187 cm³/mol. The number of hydrogen-bond acceptors (Lipinski definition) is 10. The van der Waals surface area contributed by atoms with E-state index in [0.29, 0.717) is 51.9 Å². The largest absolute Gasteiger partial charge is 0.461 e. The number of nitrogens with one attached hydrogen (secondary N) is 1.